The van der Waals surface area contributed by atoms with Gasteiger partial charge in [0.1, 0.15) is 5.82 Å². The molecule has 0 radical (unpaired) electrons. The number of hydrogen-bond donors (Lipinski definition) is 1. The minimum atomic E-state index is -0.176. The standard InChI is InChI=1S/C23H26FN5O2/c24-19-4-2-1-3-18(19)16-27-7-9-28(10-8-27)22(30)17-5-6-20-21(15-17)26-23(25-20)29-11-13-31-14-12-29/h1-6,15H,7-14,16H2,(H,25,26). The molecule has 0 spiro atoms. The first-order valence-electron chi connectivity index (χ1n) is 10.7. The number of fused-ring (bicyclic) bond motifs is 1. The Morgan fingerprint density at radius 1 is 1.03 bits per heavy atom. The van der Waals surface area contributed by atoms with E-state index in [1.807, 2.05) is 35.2 Å². The van der Waals surface area contributed by atoms with E-state index in [-0.39, 0.29) is 11.7 Å². The third-order valence-electron chi connectivity index (χ3n) is 6.04. The number of aromatic nitrogens is 2. The van der Waals surface area contributed by atoms with Crippen molar-refractivity contribution in [2.75, 3.05) is 57.4 Å². The first-order valence-corrected chi connectivity index (χ1v) is 10.7. The van der Waals surface area contributed by atoms with Crippen LogP contribution in [0.1, 0.15) is 15.9 Å². The van der Waals surface area contributed by atoms with Crippen molar-refractivity contribution >= 4 is 22.9 Å². The summed E-state index contributed by atoms with van der Waals surface area (Å²) in [7, 11) is 0. The molecule has 0 saturated carbocycles. The van der Waals surface area contributed by atoms with E-state index in [1.165, 1.54) is 6.07 Å². The van der Waals surface area contributed by atoms with Gasteiger partial charge in [0.15, 0.2) is 0 Å². The van der Waals surface area contributed by atoms with E-state index in [9.17, 15) is 9.18 Å². The van der Waals surface area contributed by atoms with Crippen LogP contribution in [0, 0.1) is 5.82 Å². The smallest absolute Gasteiger partial charge is 0.254 e. The summed E-state index contributed by atoms with van der Waals surface area (Å²) in [4.78, 5) is 27.3. The molecule has 1 amide bonds. The van der Waals surface area contributed by atoms with Gasteiger partial charge in [0.2, 0.25) is 5.95 Å². The van der Waals surface area contributed by atoms with Gasteiger partial charge in [0.05, 0.1) is 24.2 Å². The van der Waals surface area contributed by atoms with Crippen LogP contribution in [0.2, 0.25) is 0 Å². The lowest BCUT2D eigenvalue weighted by molar-refractivity contribution is 0.0627. The number of carbonyl (C=O) groups excluding carboxylic acids is 1. The lowest BCUT2D eigenvalue weighted by atomic mass is 10.1. The van der Waals surface area contributed by atoms with Crippen molar-refractivity contribution in [3.63, 3.8) is 0 Å². The second-order valence-electron chi connectivity index (χ2n) is 8.05. The van der Waals surface area contributed by atoms with Gasteiger partial charge in [-0.1, -0.05) is 18.2 Å². The van der Waals surface area contributed by atoms with Gasteiger partial charge in [0, 0.05) is 56.9 Å². The summed E-state index contributed by atoms with van der Waals surface area (Å²) >= 11 is 0. The molecule has 7 nitrogen and oxygen atoms in total. The SMILES string of the molecule is O=C(c1ccc2nc(N3CCOCC3)[nH]c2c1)N1CCN(Cc2ccccc2F)CC1. The minimum absolute atomic E-state index is 0.0231. The highest BCUT2D eigenvalue weighted by molar-refractivity contribution is 5.97. The van der Waals surface area contributed by atoms with Crippen LogP contribution in [-0.4, -0.2) is 78.2 Å². The molecule has 1 aromatic heterocycles. The Kier molecular flexibility index (Phi) is 5.57. The second-order valence-corrected chi connectivity index (χ2v) is 8.05. The van der Waals surface area contributed by atoms with E-state index in [4.69, 9.17) is 4.74 Å². The number of nitrogens with zero attached hydrogens (tertiary/aromatic N) is 4. The van der Waals surface area contributed by atoms with E-state index in [2.05, 4.69) is 19.8 Å². The maximum Gasteiger partial charge on any atom is 0.254 e. The zero-order valence-corrected chi connectivity index (χ0v) is 17.4. The lowest BCUT2D eigenvalue weighted by Gasteiger charge is -2.34. The molecule has 31 heavy (non-hydrogen) atoms. The summed E-state index contributed by atoms with van der Waals surface area (Å²) in [6, 6.07) is 12.5. The first-order chi connectivity index (χ1) is 15.2. The third kappa shape index (κ3) is 4.26. The van der Waals surface area contributed by atoms with Crippen LogP contribution in [0.25, 0.3) is 11.0 Å². The molecule has 0 atom stereocenters. The van der Waals surface area contributed by atoms with Crippen LogP contribution in [-0.2, 0) is 11.3 Å². The number of nitrogens with one attached hydrogen (secondary N) is 1. The molecule has 3 aromatic rings. The fraction of sp³-hybridized carbons (Fsp3) is 0.391. The number of hydrogen-bond acceptors (Lipinski definition) is 5. The van der Waals surface area contributed by atoms with Gasteiger partial charge in [-0.3, -0.25) is 9.69 Å². The largest absolute Gasteiger partial charge is 0.378 e. The monoisotopic (exact) mass is 423 g/mol. The summed E-state index contributed by atoms with van der Waals surface area (Å²) in [6.07, 6.45) is 0. The molecule has 2 saturated heterocycles. The van der Waals surface area contributed by atoms with Crippen molar-refractivity contribution in [2.24, 2.45) is 0 Å². The molecular weight excluding hydrogens is 397 g/mol. The summed E-state index contributed by atoms with van der Waals surface area (Å²) < 4.78 is 19.3. The average Bonchev–Trinajstić information content (AvgIpc) is 3.25. The predicted molar refractivity (Wildman–Crippen MR) is 117 cm³/mol. The number of carbonyl (C=O) groups is 1. The molecule has 8 heteroatoms. The number of halogens is 1. The Morgan fingerprint density at radius 3 is 2.58 bits per heavy atom. The van der Waals surface area contributed by atoms with Gasteiger partial charge in [-0.05, 0) is 24.3 Å². The normalized spacial score (nSPS) is 18.0. The number of benzene rings is 2. The number of rotatable bonds is 4. The highest BCUT2D eigenvalue weighted by Crippen LogP contribution is 2.21. The maximum absolute atomic E-state index is 13.9. The summed E-state index contributed by atoms with van der Waals surface area (Å²) in [6.45, 7) is 6.31. The molecule has 162 valence electrons. The Morgan fingerprint density at radius 2 is 1.81 bits per heavy atom. The minimum Gasteiger partial charge on any atom is -0.378 e. The predicted octanol–water partition coefficient (Wildman–Crippen LogP) is 2.50. The summed E-state index contributed by atoms with van der Waals surface area (Å²) in [5, 5.41) is 0. The quantitative estimate of drug-likeness (QED) is 0.699. The Hall–Kier alpha value is -2.97. The average molecular weight is 423 g/mol. The van der Waals surface area contributed by atoms with Gasteiger partial charge in [0.25, 0.3) is 5.91 Å². The van der Waals surface area contributed by atoms with Gasteiger partial charge in [-0.25, -0.2) is 9.37 Å². The highest BCUT2D eigenvalue weighted by Gasteiger charge is 2.23. The third-order valence-corrected chi connectivity index (χ3v) is 6.04. The van der Waals surface area contributed by atoms with E-state index >= 15 is 0 Å². The molecule has 3 heterocycles. The Balaban J connectivity index is 1.23. The molecule has 0 bridgehead atoms. The van der Waals surface area contributed by atoms with Gasteiger partial charge in [-0.2, -0.15) is 0 Å². The zero-order valence-electron chi connectivity index (χ0n) is 17.4. The number of amides is 1. The number of imidazole rings is 1. The van der Waals surface area contributed by atoms with E-state index in [0.29, 0.717) is 44.0 Å². The summed E-state index contributed by atoms with van der Waals surface area (Å²) in [5.41, 5.74) is 3.08. The molecule has 2 fully saturated rings. The number of morpholine rings is 1. The van der Waals surface area contributed by atoms with Gasteiger partial charge < -0.3 is 19.5 Å². The Labute approximate surface area is 180 Å². The summed E-state index contributed by atoms with van der Waals surface area (Å²) in [5.74, 6) is 0.671. The fourth-order valence-corrected chi connectivity index (χ4v) is 4.21. The molecule has 0 unspecified atom stereocenters. The Bertz CT molecular complexity index is 1070. The lowest BCUT2D eigenvalue weighted by Crippen LogP contribution is -2.48. The molecule has 1 N–H and O–H groups in total. The number of anilines is 1. The van der Waals surface area contributed by atoms with Gasteiger partial charge >= 0.3 is 0 Å². The molecule has 5 rings (SSSR count). The van der Waals surface area contributed by atoms with Crippen molar-refractivity contribution in [3.8, 4) is 0 Å². The number of ether oxygens (including phenoxy) is 1. The molecule has 0 aliphatic carbocycles. The number of aromatic amines is 1. The van der Waals surface area contributed by atoms with Crippen LogP contribution in [0.3, 0.4) is 0 Å². The van der Waals surface area contributed by atoms with E-state index in [0.717, 1.165) is 43.2 Å². The molecule has 2 aliphatic heterocycles. The van der Waals surface area contributed by atoms with Crippen LogP contribution in [0.15, 0.2) is 42.5 Å². The van der Waals surface area contributed by atoms with Crippen LogP contribution in [0.4, 0.5) is 10.3 Å². The number of H-pyrrole nitrogens is 1. The zero-order chi connectivity index (χ0) is 21.2. The van der Waals surface area contributed by atoms with Crippen molar-refractivity contribution in [3.05, 3.63) is 59.4 Å². The molecule has 2 aromatic carbocycles. The van der Waals surface area contributed by atoms with Crippen LogP contribution in [0.5, 0.6) is 0 Å². The molecular formula is C23H26FN5O2. The van der Waals surface area contributed by atoms with E-state index in [1.54, 1.807) is 6.07 Å². The topological polar surface area (TPSA) is 64.7 Å². The van der Waals surface area contributed by atoms with Crippen LogP contribution >= 0.6 is 0 Å². The fourth-order valence-electron chi connectivity index (χ4n) is 4.21. The highest BCUT2D eigenvalue weighted by atomic mass is 19.1. The second kappa shape index (κ2) is 8.64. The molecule has 2 aliphatic rings. The van der Waals surface area contributed by atoms with Crippen molar-refractivity contribution < 1.29 is 13.9 Å². The first kappa shape index (κ1) is 20.0. The van der Waals surface area contributed by atoms with Gasteiger partial charge in [-0.15, -0.1) is 0 Å². The van der Waals surface area contributed by atoms with E-state index < -0.39 is 0 Å². The van der Waals surface area contributed by atoms with Crippen molar-refractivity contribution in [1.29, 1.82) is 0 Å². The van der Waals surface area contributed by atoms with Crippen LogP contribution < -0.4 is 4.90 Å². The van der Waals surface area contributed by atoms with Crippen molar-refractivity contribution in [2.45, 2.75) is 6.54 Å². The number of piperazine rings is 1. The van der Waals surface area contributed by atoms with Crippen molar-refractivity contribution in [1.82, 2.24) is 19.8 Å². The maximum atomic E-state index is 13.9.